The highest BCUT2D eigenvalue weighted by Crippen LogP contribution is 2.29. The SMILES string of the molecule is C1=CCC(CNC2CCc3cccnc32)CC1. The topological polar surface area (TPSA) is 24.9 Å². The number of fused-ring (bicyclic) bond motifs is 1. The zero-order chi connectivity index (χ0) is 11.5. The first kappa shape index (κ1) is 11.0. The summed E-state index contributed by atoms with van der Waals surface area (Å²) in [4.78, 5) is 4.53. The molecule has 0 fully saturated rings. The van der Waals surface area contributed by atoms with Crippen LogP contribution in [-0.4, -0.2) is 11.5 Å². The van der Waals surface area contributed by atoms with Crippen molar-refractivity contribution in [2.75, 3.05) is 6.54 Å². The molecule has 1 aromatic rings. The maximum Gasteiger partial charge on any atom is 0.0605 e. The third-order valence-corrected chi connectivity index (χ3v) is 3.99. The lowest BCUT2D eigenvalue weighted by Gasteiger charge is -2.21. The predicted molar refractivity (Wildman–Crippen MR) is 69.8 cm³/mol. The summed E-state index contributed by atoms with van der Waals surface area (Å²) in [5, 5.41) is 3.71. The molecule has 2 heteroatoms. The van der Waals surface area contributed by atoms with Crippen LogP contribution in [0.15, 0.2) is 30.5 Å². The van der Waals surface area contributed by atoms with E-state index in [2.05, 4.69) is 28.5 Å². The van der Waals surface area contributed by atoms with E-state index in [4.69, 9.17) is 0 Å². The maximum atomic E-state index is 4.53. The quantitative estimate of drug-likeness (QED) is 0.804. The Kier molecular flexibility index (Phi) is 3.23. The molecule has 0 saturated carbocycles. The molecule has 2 nitrogen and oxygen atoms in total. The molecule has 0 spiro atoms. The minimum atomic E-state index is 0.497. The van der Waals surface area contributed by atoms with Gasteiger partial charge in [0.25, 0.3) is 0 Å². The highest BCUT2D eigenvalue weighted by atomic mass is 14.9. The summed E-state index contributed by atoms with van der Waals surface area (Å²) in [7, 11) is 0. The average Bonchev–Trinajstić information content (AvgIpc) is 2.81. The molecule has 0 radical (unpaired) electrons. The Morgan fingerprint density at radius 1 is 1.29 bits per heavy atom. The summed E-state index contributed by atoms with van der Waals surface area (Å²) < 4.78 is 0. The molecule has 17 heavy (non-hydrogen) atoms. The Morgan fingerprint density at radius 3 is 3.18 bits per heavy atom. The lowest BCUT2D eigenvalue weighted by Crippen LogP contribution is -2.27. The van der Waals surface area contributed by atoms with Gasteiger partial charge in [0.05, 0.1) is 11.7 Å². The molecule has 2 atom stereocenters. The molecule has 0 bridgehead atoms. The molecule has 2 unspecified atom stereocenters. The first-order valence-corrected chi connectivity index (χ1v) is 6.75. The van der Waals surface area contributed by atoms with Gasteiger partial charge in [-0.3, -0.25) is 4.98 Å². The lowest BCUT2D eigenvalue weighted by molar-refractivity contribution is 0.402. The van der Waals surface area contributed by atoms with Crippen molar-refractivity contribution in [1.82, 2.24) is 10.3 Å². The molecule has 0 aliphatic heterocycles. The number of rotatable bonds is 3. The molecule has 2 aliphatic carbocycles. The van der Waals surface area contributed by atoms with E-state index in [1.165, 1.54) is 43.4 Å². The fourth-order valence-electron chi connectivity index (χ4n) is 2.96. The number of hydrogen-bond donors (Lipinski definition) is 1. The normalized spacial score (nSPS) is 27.1. The molecule has 90 valence electrons. The predicted octanol–water partition coefficient (Wildman–Crippen LogP) is 3.01. The van der Waals surface area contributed by atoms with Crippen LogP contribution in [0.2, 0.25) is 0 Å². The van der Waals surface area contributed by atoms with Gasteiger partial charge in [-0.25, -0.2) is 0 Å². The Bertz CT molecular complexity index is 411. The zero-order valence-corrected chi connectivity index (χ0v) is 10.2. The van der Waals surface area contributed by atoms with E-state index in [0.717, 1.165) is 12.5 Å². The van der Waals surface area contributed by atoms with Gasteiger partial charge in [0.15, 0.2) is 0 Å². The van der Waals surface area contributed by atoms with Gasteiger partial charge in [-0.1, -0.05) is 18.2 Å². The third-order valence-electron chi connectivity index (χ3n) is 3.99. The standard InChI is InChI=1S/C15H20N2/c1-2-5-12(6-3-1)11-17-14-9-8-13-7-4-10-16-15(13)14/h1-2,4,7,10,12,14,17H,3,5-6,8-9,11H2. The summed E-state index contributed by atoms with van der Waals surface area (Å²) >= 11 is 0. The van der Waals surface area contributed by atoms with Crippen molar-refractivity contribution in [3.63, 3.8) is 0 Å². The molecular formula is C15H20N2. The highest BCUT2D eigenvalue weighted by molar-refractivity contribution is 5.27. The molecule has 1 aromatic heterocycles. The van der Waals surface area contributed by atoms with Crippen LogP contribution in [0.1, 0.15) is 43.0 Å². The lowest BCUT2D eigenvalue weighted by atomic mass is 9.94. The molecule has 0 saturated heterocycles. The highest BCUT2D eigenvalue weighted by Gasteiger charge is 2.23. The minimum Gasteiger partial charge on any atom is -0.308 e. The number of allylic oxidation sites excluding steroid dienone is 2. The second-order valence-corrected chi connectivity index (χ2v) is 5.20. The van der Waals surface area contributed by atoms with Crippen molar-refractivity contribution in [2.24, 2.45) is 5.92 Å². The number of aromatic nitrogens is 1. The first-order valence-electron chi connectivity index (χ1n) is 6.75. The van der Waals surface area contributed by atoms with E-state index in [9.17, 15) is 0 Å². The van der Waals surface area contributed by atoms with Gasteiger partial charge < -0.3 is 5.32 Å². The Morgan fingerprint density at radius 2 is 2.29 bits per heavy atom. The smallest absolute Gasteiger partial charge is 0.0605 e. The summed E-state index contributed by atoms with van der Waals surface area (Å²) in [5.74, 6) is 0.827. The van der Waals surface area contributed by atoms with Crippen molar-refractivity contribution in [3.05, 3.63) is 41.7 Å². The van der Waals surface area contributed by atoms with Crippen LogP contribution in [0.5, 0.6) is 0 Å². The van der Waals surface area contributed by atoms with Gasteiger partial charge in [-0.15, -0.1) is 0 Å². The van der Waals surface area contributed by atoms with E-state index >= 15 is 0 Å². The zero-order valence-electron chi connectivity index (χ0n) is 10.2. The van der Waals surface area contributed by atoms with Gasteiger partial charge in [0.1, 0.15) is 0 Å². The molecule has 3 rings (SSSR count). The van der Waals surface area contributed by atoms with E-state index in [0.29, 0.717) is 6.04 Å². The molecular weight excluding hydrogens is 208 g/mol. The van der Waals surface area contributed by atoms with E-state index in [1.54, 1.807) is 0 Å². The van der Waals surface area contributed by atoms with Gasteiger partial charge >= 0.3 is 0 Å². The van der Waals surface area contributed by atoms with Crippen LogP contribution < -0.4 is 5.32 Å². The fourth-order valence-corrected chi connectivity index (χ4v) is 2.96. The summed E-state index contributed by atoms with van der Waals surface area (Å²) in [6, 6.07) is 4.76. The Hall–Kier alpha value is -1.15. The van der Waals surface area contributed by atoms with Gasteiger partial charge in [0, 0.05) is 6.20 Å². The van der Waals surface area contributed by atoms with E-state index in [1.807, 2.05) is 12.3 Å². The first-order chi connectivity index (χ1) is 8.43. The molecule has 2 aliphatic rings. The monoisotopic (exact) mass is 228 g/mol. The fraction of sp³-hybridized carbons (Fsp3) is 0.533. The molecule has 1 N–H and O–H groups in total. The van der Waals surface area contributed by atoms with Gasteiger partial charge in [-0.2, -0.15) is 0 Å². The van der Waals surface area contributed by atoms with Crippen LogP contribution in [-0.2, 0) is 6.42 Å². The van der Waals surface area contributed by atoms with Crippen molar-refractivity contribution in [2.45, 2.75) is 38.1 Å². The number of hydrogen-bond acceptors (Lipinski definition) is 2. The summed E-state index contributed by atoms with van der Waals surface area (Å²) in [5.41, 5.74) is 2.73. The van der Waals surface area contributed by atoms with Crippen molar-refractivity contribution in [3.8, 4) is 0 Å². The summed E-state index contributed by atoms with van der Waals surface area (Å²) in [6.45, 7) is 1.14. The maximum absolute atomic E-state index is 4.53. The minimum absolute atomic E-state index is 0.497. The number of nitrogens with zero attached hydrogens (tertiary/aromatic N) is 1. The van der Waals surface area contributed by atoms with E-state index < -0.39 is 0 Å². The summed E-state index contributed by atoms with van der Waals surface area (Å²) in [6.07, 6.45) is 12.8. The van der Waals surface area contributed by atoms with E-state index in [-0.39, 0.29) is 0 Å². The molecule has 0 aromatic carbocycles. The molecule has 0 amide bonds. The Balaban J connectivity index is 1.58. The second-order valence-electron chi connectivity index (χ2n) is 5.20. The average molecular weight is 228 g/mol. The second kappa shape index (κ2) is 5.01. The van der Waals surface area contributed by atoms with Crippen molar-refractivity contribution >= 4 is 0 Å². The van der Waals surface area contributed by atoms with Crippen LogP contribution in [0.3, 0.4) is 0 Å². The van der Waals surface area contributed by atoms with Crippen molar-refractivity contribution < 1.29 is 0 Å². The largest absolute Gasteiger partial charge is 0.308 e. The van der Waals surface area contributed by atoms with Crippen LogP contribution >= 0.6 is 0 Å². The van der Waals surface area contributed by atoms with Gasteiger partial charge in [0.2, 0.25) is 0 Å². The number of aryl methyl sites for hydroxylation is 1. The third kappa shape index (κ3) is 2.42. The van der Waals surface area contributed by atoms with Crippen molar-refractivity contribution in [1.29, 1.82) is 0 Å². The molecule has 1 heterocycles. The number of nitrogens with one attached hydrogen (secondary N) is 1. The van der Waals surface area contributed by atoms with Gasteiger partial charge in [-0.05, 0) is 56.2 Å². The van der Waals surface area contributed by atoms with Crippen LogP contribution in [0.25, 0.3) is 0 Å². The van der Waals surface area contributed by atoms with Crippen LogP contribution in [0, 0.1) is 5.92 Å². The number of pyridine rings is 1. The van der Waals surface area contributed by atoms with Crippen LogP contribution in [0.4, 0.5) is 0 Å². The Labute approximate surface area is 103 Å².